The van der Waals surface area contributed by atoms with Crippen molar-refractivity contribution in [3.8, 4) is 11.5 Å². The average Bonchev–Trinajstić information content (AvgIpc) is 2.90. The van der Waals surface area contributed by atoms with E-state index in [9.17, 15) is 9.59 Å². The van der Waals surface area contributed by atoms with Crippen molar-refractivity contribution in [3.63, 3.8) is 0 Å². The number of hydrogen-bond acceptors (Lipinski definition) is 6. The summed E-state index contributed by atoms with van der Waals surface area (Å²) in [5, 5.41) is 0. The van der Waals surface area contributed by atoms with Gasteiger partial charge in [-0.1, -0.05) is 0 Å². The summed E-state index contributed by atoms with van der Waals surface area (Å²) in [5.74, 6) is 0.142. The summed E-state index contributed by atoms with van der Waals surface area (Å²) >= 11 is 1.52. The maximum atomic E-state index is 12.3. The van der Waals surface area contributed by atoms with Crippen molar-refractivity contribution in [3.05, 3.63) is 45.1 Å². The van der Waals surface area contributed by atoms with E-state index in [-0.39, 0.29) is 12.4 Å². The van der Waals surface area contributed by atoms with E-state index in [1.165, 1.54) is 25.6 Å². The van der Waals surface area contributed by atoms with Gasteiger partial charge >= 0.3 is 5.97 Å². The number of carbonyl (C=O) groups is 2. The van der Waals surface area contributed by atoms with E-state index in [0.717, 1.165) is 9.75 Å². The minimum absolute atomic E-state index is 0.331. The van der Waals surface area contributed by atoms with Crippen molar-refractivity contribution in [2.75, 3.05) is 20.8 Å². The molecule has 0 saturated heterocycles. The predicted molar refractivity (Wildman–Crippen MR) is 88.0 cm³/mol. The van der Waals surface area contributed by atoms with Gasteiger partial charge in [0, 0.05) is 15.8 Å². The van der Waals surface area contributed by atoms with Crippen LogP contribution in [0.1, 0.15) is 30.5 Å². The van der Waals surface area contributed by atoms with E-state index in [4.69, 9.17) is 14.2 Å². The van der Waals surface area contributed by atoms with E-state index >= 15 is 0 Å². The maximum Gasteiger partial charge on any atom is 0.339 e. The van der Waals surface area contributed by atoms with Crippen LogP contribution in [-0.2, 0) is 4.74 Å². The van der Waals surface area contributed by atoms with Gasteiger partial charge in [0.2, 0.25) is 5.78 Å². The standard InChI is InChI=1S/C17H18O5S/c1-10-7-14(11(2)23-10)17(19)22-9-15(18)13-6-5-12(20-3)8-16(13)21-4/h5-8H,9H2,1-4H3. The van der Waals surface area contributed by atoms with Crippen molar-refractivity contribution in [1.82, 2.24) is 0 Å². The quantitative estimate of drug-likeness (QED) is 0.598. The van der Waals surface area contributed by atoms with Gasteiger partial charge in [-0.05, 0) is 32.0 Å². The summed E-state index contributed by atoms with van der Waals surface area (Å²) in [6.45, 7) is 3.43. The number of thiophene rings is 1. The second-order valence-corrected chi connectivity index (χ2v) is 6.35. The molecular formula is C17H18O5S. The Morgan fingerprint density at radius 2 is 1.78 bits per heavy atom. The molecule has 0 N–H and O–H groups in total. The van der Waals surface area contributed by atoms with Crippen LogP contribution >= 0.6 is 11.3 Å². The fourth-order valence-electron chi connectivity index (χ4n) is 2.15. The van der Waals surface area contributed by atoms with Crippen LogP contribution in [0.25, 0.3) is 0 Å². The molecular weight excluding hydrogens is 316 g/mol. The molecule has 2 aromatic rings. The van der Waals surface area contributed by atoms with Gasteiger partial charge in [0.1, 0.15) is 11.5 Å². The largest absolute Gasteiger partial charge is 0.497 e. The van der Waals surface area contributed by atoms with Gasteiger partial charge in [-0.15, -0.1) is 11.3 Å². The van der Waals surface area contributed by atoms with E-state index in [1.807, 2.05) is 13.8 Å². The zero-order chi connectivity index (χ0) is 17.0. The molecule has 0 fully saturated rings. The second-order valence-electron chi connectivity index (χ2n) is 4.89. The first-order valence-corrected chi connectivity index (χ1v) is 7.77. The molecule has 0 bridgehead atoms. The molecule has 0 radical (unpaired) electrons. The first-order valence-electron chi connectivity index (χ1n) is 6.95. The summed E-state index contributed by atoms with van der Waals surface area (Å²) in [6, 6.07) is 6.62. The summed E-state index contributed by atoms with van der Waals surface area (Å²) in [4.78, 5) is 26.2. The molecule has 2 rings (SSSR count). The molecule has 1 aromatic carbocycles. The number of aryl methyl sites for hydroxylation is 2. The van der Waals surface area contributed by atoms with Crippen molar-refractivity contribution >= 4 is 23.1 Å². The first kappa shape index (κ1) is 17.0. The van der Waals surface area contributed by atoms with E-state index in [0.29, 0.717) is 22.6 Å². The third kappa shape index (κ3) is 3.90. The number of benzene rings is 1. The van der Waals surface area contributed by atoms with Crippen LogP contribution in [0.4, 0.5) is 0 Å². The Morgan fingerprint density at radius 1 is 1.04 bits per heavy atom. The number of ether oxygens (including phenoxy) is 3. The zero-order valence-corrected chi connectivity index (χ0v) is 14.3. The molecule has 0 aliphatic carbocycles. The Balaban J connectivity index is 2.08. The zero-order valence-electron chi connectivity index (χ0n) is 13.5. The van der Waals surface area contributed by atoms with Crippen LogP contribution in [0.5, 0.6) is 11.5 Å². The van der Waals surface area contributed by atoms with E-state index in [1.54, 1.807) is 24.3 Å². The van der Waals surface area contributed by atoms with Gasteiger partial charge < -0.3 is 14.2 Å². The number of Topliss-reactive ketones (excluding diaryl/α,β-unsaturated/α-hetero) is 1. The smallest absolute Gasteiger partial charge is 0.339 e. The highest BCUT2D eigenvalue weighted by Crippen LogP contribution is 2.25. The molecule has 1 aromatic heterocycles. The lowest BCUT2D eigenvalue weighted by Crippen LogP contribution is -2.15. The number of carbonyl (C=O) groups excluding carboxylic acids is 2. The van der Waals surface area contributed by atoms with E-state index < -0.39 is 5.97 Å². The lowest BCUT2D eigenvalue weighted by atomic mass is 10.1. The van der Waals surface area contributed by atoms with Gasteiger partial charge in [0.15, 0.2) is 6.61 Å². The summed E-state index contributed by atoms with van der Waals surface area (Å²) in [7, 11) is 3.00. The van der Waals surface area contributed by atoms with Gasteiger partial charge in [-0.25, -0.2) is 4.79 Å². The number of esters is 1. The Labute approximate surface area is 138 Å². The Hall–Kier alpha value is -2.34. The molecule has 1 heterocycles. The highest BCUT2D eigenvalue weighted by molar-refractivity contribution is 7.12. The Bertz CT molecular complexity index is 733. The van der Waals surface area contributed by atoms with Crippen LogP contribution in [0.3, 0.4) is 0 Å². The lowest BCUT2D eigenvalue weighted by Gasteiger charge is -2.10. The van der Waals surface area contributed by atoms with Crippen molar-refractivity contribution in [2.24, 2.45) is 0 Å². The normalized spacial score (nSPS) is 10.3. The molecule has 5 nitrogen and oxygen atoms in total. The van der Waals surface area contributed by atoms with Gasteiger partial charge in [0.25, 0.3) is 0 Å². The summed E-state index contributed by atoms with van der Waals surface area (Å²) in [6.07, 6.45) is 0. The number of methoxy groups -OCH3 is 2. The topological polar surface area (TPSA) is 61.8 Å². The summed E-state index contributed by atoms with van der Waals surface area (Å²) in [5.41, 5.74) is 0.848. The molecule has 0 aliphatic rings. The molecule has 0 saturated carbocycles. The van der Waals surface area contributed by atoms with Gasteiger partial charge in [-0.2, -0.15) is 0 Å². The van der Waals surface area contributed by atoms with Crippen molar-refractivity contribution < 1.29 is 23.8 Å². The SMILES string of the molecule is COc1ccc(C(=O)COC(=O)c2cc(C)sc2C)c(OC)c1. The maximum absolute atomic E-state index is 12.3. The Kier molecular flexibility index (Phi) is 5.39. The molecule has 0 amide bonds. The van der Waals surface area contributed by atoms with Gasteiger partial charge in [0.05, 0.1) is 25.3 Å². The molecule has 6 heteroatoms. The highest BCUT2D eigenvalue weighted by Gasteiger charge is 2.18. The minimum Gasteiger partial charge on any atom is -0.497 e. The Morgan fingerprint density at radius 3 is 2.35 bits per heavy atom. The van der Waals surface area contributed by atoms with Crippen LogP contribution in [0.15, 0.2) is 24.3 Å². The first-order chi connectivity index (χ1) is 11.0. The van der Waals surface area contributed by atoms with Crippen LogP contribution in [0, 0.1) is 13.8 Å². The van der Waals surface area contributed by atoms with Crippen LogP contribution < -0.4 is 9.47 Å². The molecule has 122 valence electrons. The van der Waals surface area contributed by atoms with Crippen molar-refractivity contribution in [2.45, 2.75) is 13.8 Å². The van der Waals surface area contributed by atoms with Crippen molar-refractivity contribution in [1.29, 1.82) is 0 Å². The molecule has 0 aliphatic heterocycles. The fraction of sp³-hybridized carbons (Fsp3) is 0.294. The molecule has 23 heavy (non-hydrogen) atoms. The molecule has 0 unspecified atom stereocenters. The predicted octanol–water partition coefficient (Wildman–Crippen LogP) is 3.42. The summed E-state index contributed by atoms with van der Waals surface area (Å²) < 4.78 is 15.4. The minimum atomic E-state index is -0.493. The van der Waals surface area contributed by atoms with Gasteiger partial charge in [-0.3, -0.25) is 4.79 Å². The monoisotopic (exact) mass is 334 g/mol. The highest BCUT2D eigenvalue weighted by atomic mass is 32.1. The number of ketones is 1. The lowest BCUT2D eigenvalue weighted by molar-refractivity contribution is 0.0473. The number of rotatable bonds is 6. The molecule has 0 atom stereocenters. The molecule has 0 spiro atoms. The fourth-order valence-corrected chi connectivity index (χ4v) is 3.06. The second kappa shape index (κ2) is 7.28. The third-order valence-corrected chi connectivity index (χ3v) is 4.27. The van der Waals surface area contributed by atoms with Crippen LogP contribution in [0.2, 0.25) is 0 Å². The van der Waals surface area contributed by atoms with E-state index in [2.05, 4.69) is 0 Å². The third-order valence-electron chi connectivity index (χ3n) is 3.30. The van der Waals surface area contributed by atoms with Crippen LogP contribution in [-0.4, -0.2) is 32.6 Å². The number of hydrogen-bond donors (Lipinski definition) is 0. The average molecular weight is 334 g/mol.